The van der Waals surface area contributed by atoms with Gasteiger partial charge in [0, 0.05) is 19.5 Å². The summed E-state index contributed by atoms with van der Waals surface area (Å²) in [7, 11) is -2.34. The van der Waals surface area contributed by atoms with Gasteiger partial charge >= 0.3 is 0 Å². The van der Waals surface area contributed by atoms with Crippen molar-refractivity contribution >= 4 is 15.9 Å². The second-order valence-electron chi connectivity index (χ2n) is 7.87. The van der Waals surface area contributed by atoms with Crippen molar-refractivity contribution in [2.75, 3.05) is 13.7 Å². The van der Waals surface area contributed by atoms with Crippen molar-refractivity contribution in [3.8, 4) is 5.75 Å². The van der Waals surface area contributed by atoms with Gasteiger partial charge in [-0.05, 0) is 59.5 Å². The molecule has 0 saturated heterocycles. The Balaban J connectivity index is 1.57. The SMILES string of the molecule is COc1cccc(CNC(=O)C[C@@H]2c3ccccc3CCN2S(=O)(=O)c2ccc(F)cc2)c1. The number of methoxy groups -OCH3 is 1. The zero-order chi connectivity index (χ0) is 23.4. The molecule has 8 heteroatoms. The van der Waals surface area contributed by atoms with E-state index < -0.39 is 21.9 Å². The molecule has 1 N–H and O–H groups in total. The summed E-state index contributed by atoms with van der Waals surface area (Å²) in [6.07, 6.45) is 0.514. The predicted octanol–water partition coefficient (Wildman–Crippen LogP) is 3.83. The number of carbonyl (C=O) groups excluding carboxylic acids is 1. The Morgan fingerprint density at radius 2 is 1.85 bits per heavy atom. The average molecular weight is 469 g/mol. The third-order valence-corrected chi connectivity index (χ3v) is 7.71. The van der Waals surface area contributed by atoms with Gasteiger partial charge < -0.3 is 10.1 Å². The number of benzene rings is 3. The maximum absolute atomic E-state index is 13.4. The molecule has 1 aliphatic rings. The van der Waals surface area contributed by atoms with Gasteiger partial charge in [0.2, 0.25) is 15.9 Å². The number of nitrogens with one attached hydrogen (secondary N) is 1. The van der Waals surface area contributed by atoms with Crippen molar-refractivity contribution in [1.29, 1.82) is 0 Å². The number of amides is 1. The van der Waals surface area contributed by atoms with Gasteiger partial charge in [-0.25, -0.2) is 12.8 Å². The molecule has 1 heterocycles. The molecule has 33 heavy (non-hydrogen) atoms. The van der Waals surface area contributed by atoms with Crippen LogP contribution < -0.4 is 10.1 Å². The van der Waals surface area contributed by atoms with Crippen molar-refractivity contribution in [2.24, 2.45) is 0 Å². The number of halogens is 1. The number of ether oxygens (including phenoxy) is 1. The molecule has 0 aromatic heterocycles. The van der Waals surface area contributed by atoms with Gasteiger partial charge in [0.1, 0.15) is 11.6 Å². The number of rotatable bonds is 7. The molecular weight excluding hydrogens is 443 g/mol. The highest BCUT2D eigenvalue weighted by Crippen LogP contribution is 2.36. The lowest BCUT2D eigenvalue weighted by molar-refractivity contribution is -0.122. The minimum atomic E-state index is -3.92. The van der Waals surface area contributed by atoms with Crippen LogP contribution in [0.15, 0.2) is 77.7 Å². The smallest absolute Gasteiger partial charge is 0.243 e. The Kier molecular flexibility index (Phi) is 6.76. The molecule has 0 radical (unpaired) electrons. The zero-order valence-corrected chi connectivity index (χ0v) is 19.0. The van der Waals surface area contributed by atoms with Crippen LogP contribution in [0.25, 0.3) is 0 Å². The van der Waals surface area contributed by atoms with Crippen LogP contribution in [-0.4, -0.2) is 32.3 Å². The molecule has 0 aliphatic carbocycles. The van der Waals surface area contributed by atoms with Crippen LogP contribution in [0.5, 0.6) is 5.75 Å². The molecule has 1 atom stereocenters. The van der Waals surface area contributed by atoms with E-state index in [-0.39, 0.29) is 23.8 Å². The van der Waals surface area contributed by atoms with E-state index in [1.807, 2.05) is 48.5 Å². The van der Waals surface area contributed by atoms with Crippen molar-refractivity contribution in [2.45, 2.75) is 30.3 Å². The molecular formula is C25H25FN2O4S. The molecule has 6 nitrogen and oxygen atoms in total. The molecule has 0 unspecified atom stereocenters. The normalized spacial score (nSPS) is 16.1. The molecule has 1 aliphatic heterocycles. The third kappa shape index (κ3) is 5.07. The Hall–Kier alpha value is -3.23. The van der Waals surface area contributed by atoms with E-state index in [4.69, 9.17) is 4.74 Å². The Bertz CT molecular complexity index is 1250. The Morgan fingerprint density at radius 1 is 1.09 bits per heavy atom. The summed E-state index contributed by atoms with van der Waals surface area (Å²) in [5.41, 5.74) is 2.71. The fraction of sp³-hybridized carbons (Fsp3) is 0.240. The number of fused-ring (bicyclic) bond motifs is 1. The molecule has 0 saturated carbocycles. The highest BCUT2D eigenvalue weighted by atomic mass is 32.2. The van der Waals surface area contributed by atoms with Crippen molar-refractivity contribution in [3.63, 3.8) is 0 Å². The van der Waals surface area contributed by atoms with Gasteiger partial charge in [0.15, 0.2) is 0 Å². The van der Waals surface area contributed by atoms with Crippen LogP contribution in [0.4, 0.5) is 4.39 Å². The van der Waals surface area contributed by atoms with Crippen molar-refractivity contribution in [1.82, 2.24) is 9.62 Å². The number of sulfonamides is 1. The predicted molar refractivity (Wildman–Crippen MR) is 123 cm³/mol. The lowest BCUT2D eigenvalue weighted by Gasteiger charge is -2.36. The van der Waals surface area contributed by atoms with Gasteiger partial charge in [-0.1, -0.05) is 36.4 Å². The van der Waals surface area contributed by atoms with Gasteiger partial charge in [0.05, 0.1) is 18.0 Å². The van der Waals surface area contributed by atoms with Crippen LogP contribution in [0.2, 0.25) is 0 Å². The third-order valence-electron chi connectivity index (χ3n) is 5.79. The Morgan fingerprint density at radius 3 is 2.61 bits per heavy atom. The number of hydrogen-bond donors (Lipinski definition) is 1. The summed E-state index contributed by atoms with van der Waals surface area (Å²) in [5.74, 6) is -0.0789. The first-order valence-corrected chi connectivity index (χ1v) is 12.1. The standard InChI is InChI=1S/C25H25FN2O4S/c1-32-21-7-4-5-18(15-21)17-27-25(29)16-24-23-8-3-2-6-19(23)13-14-28(24)33(30,31)22-11-9-20(26)10-12-22/h2-12,15,24H,13-14,16-17H2,1H3,(H,27,29)/t24-/m1/s1. The highest BCUT2D eigenvalue weighted by molar-refractivity contribution is 7.89. The molecule has 172 valence electrons. The largest absolute Gasteiger partial charge is 0.497 e. The summed E-state index contributed by atoms with van der Waals surface area (Å²) in [6.45, 7) is 0.541. The van der Waals surface area contributed by atoms with Crippen LogP contribution in [0.3, 0.4) is 0 Å². The second kappa shape index (κ2) is 9.72. The lowest BCUT2D eigenvalue weighted by atomic mass is 9.92. The average Bonchev–Trinajstić information content (AvgIpc) is 2.83. The summed E-state index contributed by atoms with van der Waals surface area (Å²) in [5, 5.41) is 2.88. The topological polar surface area (TPSA) is 75.7 Å². The van der Waals surface area contributed by atoms with E-state index in [0.717, 1.165) is 28.8 Å². The minimum absolute atomic E-state index is 0.00469. The first kappa shape index (κ1) is 22.9. The summed E-state index contributed by atoms with van der Waals surface area (Å²) in [4.78, 5) is 12.9. The summed E-state index contributed by atoms with van der Waals surface area (Å²) < 4.78 is 46.8. The maximum Gasteiger partial charge on any atom is 0.243 e. The number of carbonyl (C=O) groups is 1. The molecule has 3 aromatic rings. The van der Waals surface area contributed by atoms with Gasteiger partial charge in [-0.15, -0.1) is 0 Å². The van der Waals surface area contributed by atoms with E-state index in [0.29, 0.717) is 18.7 Å². The molecule has 0 bridgehead atoms. The molecule has 3 aromatic carbocycles. The molecule has 4 rings (SSSR count). The van der Waals surface area contributed by atoms with Gasteiger partial charge in [0.25, 0.3) is 0 Å². The maximum atomic E-state index is 13.4. The van der Waals surface area contributed by atoms with Gasteiger partial charge in [-0.3, -0.25) is 4.79 Å². The summed E-state index contributed by atoms with van der Waals surface area (Å²) >= 11 is 0. The second-order valence-corrected chi connectivity index (χ2v) is 9.76. The fourth-order valence-corrected chi connectivity index (χ4v) is 5.71. The van der Waals surface area contributed by atoms with Crippen molar-refractivity contribution in [3.05, 3.63) is 95.3 Å². The van der Waals surface area contributed by atoms with E-state index in [9.17, 15) is 17.6 Å². The van der Waals surface area contributed by atoms with Crippen LogP contribution in [-0.2, 0) is 27.8 Å². The van der Waals surface area contributed by atoms with Crippen LogP contribution in [0, 0.1) is 5.82 Å². The monoisotopic (exact) mass is 468 g/mol. The minimum Gasteiger partial charge on any atom is -0.497 e. The zero-order valence-electron chi connectivity index (χ0n) is 18.2. The fourth-order valence-electron chi connectivity index (χ4n) is 4.10. The number of nitrogens with zero attached hydrogens (tertiary/aromatic N) is 1. The van der Waals surface area contributed by atoms with Crippen molar-refractivity contribution < 1.29 is 22.3 Å². The van der Waals surface area contributed by atoms with E-state index >= 15 is 0 Å². The lowest BCUT2D eigenvalue weighted by Crippen LogP contribution is -2.42. The molecule has 1 amide bonds. The Labute approximate surface area is 193 Å². The van der Waals surface area contributed by atoms with E-state index in [1.165, 1.54) is 16.4 Å². The molecule has 0 fully saturated rings. The highest BCUT2D eigenvalue weighted by Gasteiger charge is 2.37. The summed E-state index contributed by atoms with van der Waals surface area (Å²) in [6, 6.07) is 19.0. The first-order chi connectivity index (χ1) is 15.9. The quantitative estimate of drug-likeness (QED) is 0.572. The number of hydrogen-bond acceptors (Lipinski definition) is 4. The van der Waals surface area contributed by atoms with Gasteiger partial charge in [-0.2, -0.15) is 4.31 Å². The van der Waals surface area contributed by atoms with E-state index in [1.54, 1.807) is 7.11 Å². The van der Waals surface area contributed by atoms with E-state index in [2.05, 4.69) is 5.32 Å². The van der Waals surface area contributed by atoms with Crippen LogP contribution in [0.1, 0.15) is 29.2 Å². The molecule has 0 spiro atoms. The first-order valence-electron chi connectivity index (χ1n) is 10.6. The van der Waals surface area contributed by atoms with Crippen LogP contribution >= 0.6 is 0 Å².